The van der Waals surface area contributed by atoms with E-state index in [1.54, 1.807) is 38.1 Å². The van der Waals surface area contributed by atoms with Crippen molar-refractivity contribution in [3.63, 3.8) is 0 Å². The zero-order valence-corrected chi connectivity index (χ0v) is 10.3. The summed E-state index contributed by atoms with van der Waals surface area (Å²) >= 11 is 0. The van der Waals surface area contributed by atoms with Crippen LogP contribution in [0.3, 0.4) is 0 Å². The number of para-hydroxylation sites is 1. The summed E-state index contributed by atoms with van der Waals surface area (Å²) in [6, 6.07) is 6.89. The Morgan fingerprint density at radius 2 is 2.11 bits per heavy atom. The van der Waals surface area contributed by atoms with E-state index in [9.17, 15) is 14.7 Å². The highest BCUT2D eigenvalue weighted by Crippen LogP contribution is 2.23. The molecule has 0 aliphatic rings. The van der Waals surface area contributed by atoms with E-state index < -0.39 is 11.5 Å². The maximum atomic E-state index is 11.7. The van der Waals surface area contributed by atoms with Crippen molar-refractivity contribution in [2.75, 3.05) is 0 Å². The van der Waals surface area contributed by atoms with Crippen LogP contribution in [-0.2, 0) is 10.3 Å². The fraction of sp³-hybridized carbons (Fsp3) is 0.308. The van der Waals surface area contributed by atoms with E-state index in [1.165, 1.54) is 10.9 Å². The standard InChI is InChI=1S/C13H14N2O3/c1-3-13(2,12(17)18)15-10-7-5-4-6-9(10)11(16)8-14-15/h4-8H,3H2,1-2H3,(H,17,18). The van der Waals surface area contributed by atoms with Gasteiger partial charge in [-0.15, -0.1) is 0 Å². The highest BCUT2D eigenvalue weighted by atomic mass is 16.4. The first-order chi connectivity index (χ1) is 8.50. The molecule has 0 radical (unpaired) electrons. The van der Waals surface area contributed by atoms with Crippen molar-refractivity contribution in [3.8, 4) is 0 Å². The zero-order chi connectivity index (χ0) is 13.3. The van der Waals surface area contributed by atoms with Gasteiger partial charge in [-0.1, -0.05) is 19.1 Å². The number of carboxylic acids is 1. The molecule has 18 heavy (non-hydrogen) atoms. The normalized spacial score (nSPS) is 14.3. The lowest BCUT2D eigenvalue weighted by Gasteiger charge is -2.26. The van der Waals surface area contributed by atoms with E-state index >= 15 is 0 Å². The monoisotopic (exact) mass is 246 g/mol. The van der Waals surface area contributed by atoms with Crippen LogP contribution in [0.2, 0.25) is 0 Å². The van der Waals surface area contributed by atoms with Crippen LogP contribution in [0.15, 0.2) is 35.3 Å². The quantitative estimate of drug-likeness (QED) is 0.893. The van der Waals surface area contributed by atoms with Crippen molar-refractivity contribution in [1.82, 2.24) is 9.78 Å². The topological polar surface area (TPSA) is 72.2 Å². The van der Waals surface area contributed by atoms with Gasteiger partial charge in [0.25, 0.3) is 0 Å². The van der Waals surface area contributed by atoms with Crippen LogP contribution in [0.1, 0.15) is 20.3 Å². The van der Waals surface area contributed by atoms with Crippen LogP contribution < -0.4 is 5.43 Å². The molecule has 1 aromatic heterocycles. The predicted molar refractivity (Wildman–Crippen MR) is 67.6 cm³/mol. The Kier molecular flexibility index (Phi) is 2.90. The molecule has 0 amide bonds. The number of aliphatic carboxylic acids is 1. The summed E-state index contributed by atoms with van der Waals surface area (Å²) in [5.74, 6) is -0.966. The number of hydrogen-bond donors (Lipinski definition) is 1. The third-order valence-electron chi connectivity index (χ3n) is 3.30. The second-order valence-electron chi connectivity index (χ2n) is 4.37. The molecule has 1 heterocycles. The van der Waals surface area contributed by atoms with Crippen molar-refractivity contribution in [1.29, 1.82) is 0 Å². The van der Waals surface area contributed by atoms with Crippen LogP contribution in [0.4, 0.5) is 0 Å². The van der Waals surface area contributed by atoms with Gasteiger partial charge >= 0.3 is 5.97 Å². The lowest BCUT2D eigenvalue weighted by atomic mass is 9.98. The van der Waals surface area contributed by atoms with Crippen LogP contribution in [0.5, 0.6) is 0 Å². The summed E-state index contributed by atoms with van der Waals surface area (Å²) in [5, 5.41) is 13.8. The van der Waals surface area contributed by atoms with Crippen LogP contribution in [0, 0.1) is 0 Å². The van der Waals surface area contributed by atoms with Gasteiger partial charge in [0, 0.05) is 5.39 Å². The summed E-state index contributed by atoms with van der Waals surface area (Å²) in [4.78, 5) is 23.1. The average Bonchev–Trinajstić information content (AvgIpc) is 2.38. The van der Waals surface area contributed by atoms with E-state index in [-0.39, 0.29) is 5.43 Å². The summed E-state index contributed by atoms with van der Waals surface area (Å²) in [6.07, 6.45) is 1.54. The van der Waals surface area contributed by atoms with E-state index in [0.717, 1.165) is 0 Å². The maximum Gasteiger partial charge on any atom is 0.331 e. The van der Waals surface area contributed by atoms with Crippen molar-refractivity contribution < 1.29 is 9.90 Å². The Bertz CT molecular complexity index is 663. The van der Waals surface area contributed by atoms with Gasteiger partial charge in [-0.3, -0.25) is 4.79 Å². The zero-order valence-electron chi connectivity index (χ0n) is 10.3. The smallest absolute Gasteiger partial charge is 0.331 e. The Labute approximate surface area is 104 Å². The van der Waals surface area contributed by atoms with Gasteiger partial charge in [0.2, 0.25) is 5.43 Å². The van der Waals surface area contributed by atoms with Gasteiger partial charge in [-0.05, 0) is 25.5 Å². The van der Waals surface area contributed by atoms with E-state index in [4.69, 9.17) is 0 Å². The average molecular weight is 246 g/mol. The van der Waals surface area contributed by atoms with Gasteiger partial charge in [0.05, 0.1) is 11.7 Å². The van der Waals surface area contributed by atoms with Crippen molar-refractivity contribution >= 4 is 16.9 Å². The Morgan fingerprint density at radius 1 is 1.44 bits per heavy atom. The molecule has 0 aliphatic carbocycles. The SMILES string of the molecule is CCC(C)(C(=O)O)n1ncc(=O)c2ccccc21. The first-order valence-electron chi connectivity index (χ1n) is 5.71. The molecule has 1 N–H and O–H groups in total. The number of aromatic nitrogens is 2. The third-order valence-corrected chi connectivity index (χ3v) is 3.30. The fourth-order valence-electron chi connectivity index (χ4n) is 1.89. The summed E-state index contributed by atoms with van der Waals surface area (Å²) in [7, 11) is 0. The number of benzene rings is 1. The number of carboxylic acid groups (broad SMARTS) is 1. The molecule has 2 rings (SSSR count). The van der Waals surface area contributed by atoms with Crippen molar-refractivity contribution in [2.24, 2.45) is 0 Å². The second kappa shape index (κ2) is 4.25. The van der Waals surface area contributed by atoms with E-state index in [2.05, 4.69) is 5.10 Å². The van der Waals surface area contributed by atoms with Crippen LogP contribution in [0.25, 0.3) is 10.9 Å². The summed E-state index contributed by atoms with van der Waals surface area (Å²) in [5.41, 5.74) is -0.824. The first kappa shape index (κ1) is 12.3. The molecule has 0 bridgehead atoms. The van der Waals surface area contributed by atoms with Crippen molar-refractivity contribution in [3.05, 3.63) is 40.7 Å². The molecule has 5 nitrogen and oxygen atoms in total. The highest BCUT2D eigenvalue weighted by Gasteiger charge is 2.34. The minimum atomic E-state index is -1.16. The van der Waals surface area contributed by atoms with Crippen molar-refractivity contribution in [2.45, 2.75) is 25.8 Å². The van der Waals surface area contributed by atoms with Gasteiger partial charge < -0.3 is 5.11 Å². The largest absolute Gasteiger partial charge is 0.479 e. The number of hydrogen-bond acceptors (Lipinski definition) is 3. The third kappa shape index (κ3) is 1.68. The number of fused-ring (bicyclic) bond motifs is 1. The number of rotatable bonds is 3. The molecular weight excluding hydrogens is 232 g/mol. The Morgan fingerprint density at radius 3 is 2.72 bits per heavy atom. The molecule has 1 atom stereocenters. The Balaban J connectivity index is 2.84. The number of nitrogens with zero attached hydrogens (tertiary/aromatic N) is 2. The fourth-order valence-corrected chi connectivity index (χ4v) is 1.89. The lowest BCUT2D eigenvalue weighted by molar-refractivity contribution is -0.147. The Hall–Kier alpha value is -2.17. The molecule has 2 aromatic rings. The van der Waals surface area contributed by atoms with Crippen LogP contribution in [-0.4, -0.2) is 20.9 Å². The second-order valence-corrected chi connectivity index (χ2v) is 4.37. The molecule has 94 valence electrons. The molecule has 5 heteroatoms. The van der Waals surface area contributed by atoms with Gasteiger partial charge in [-0.2, -0.15) is 5.10 Å². The molecule has 1 unspecified atom stereocenters. The minimum absolute atomic E-state index is 0.203. The van der Waals surface area contributed by atoms with Gasteiger partial charge in [0.15, 0.2) is 5.54 Å². The lowest BCUT2D eigenvalue weighted by Crippen LogP contribution is -2.40. The molecular formula is C13H14N2O3. The minimum Gasteiger partial charge on any atom is -0.479 e. The molecule has 0 fully saturated rings. The van der Waals surface area contributed by atoms with Gasteiger partial charge in [-0.25, -0.2) is 9.48 Å². The van der Waals surface area contributed by atoms with E-state index in [0.29, 0.717) is 17.3 Å². The number of carbonyl (C=O) groups is 1. The summed E-state index contributed by atoms with van der Waals surface area (Å²) < 4.78 is 1.41. The molecule has 0 saturated carbocycles. The maximum absolute atomic E-state index is 11.7. The van der Waals surface area contributed by atoms with E-state index in [1.807, 2.05) is 0 Å². The molecule has 1 aromatic carbocycles. The molecule has 0 saturated heterocycles. The highest BCUT2D eigenvalue weighted by molar-refractivity contribution is 5.82. The molecule has 0 spiro atoms. The predicted octanol–water partition coefficient (Wildman–Crippen LogP) is 1.61. The molecule has 0 aliphatic heterocycles. The summed E-state index contributed by atoms with van der Waals surface area (Å²) in [6.45, 7) is 3.38. The van der Waals surface area contributed by atoms with Crippen LogP contribution >= 0.6 is 0 Å². The first-order valence-corrected chi connectivity index (χ1v) is 5.71. The van der Waals surface area contributed by atoms with Gasteiger partial charge in [0.1, 0.15) is 0 Å².